The van der Waals surface area contributed by atoms with Crippen molar-refractivity contribution in [2.24, 2.45) is 5.92 Å². The van der Waals surface area contributed by atoms with Gasteiger partial charge < -0.3 is 37.2 Å². The SMILES string of the molecule is [Cl-].[Cl-].[Cl-].[Zr+3][O]C[C@H]1C=CC2=C1CCCC2. The van der Waals surface area contributed by atoms with Crippen LogP contribution in [0.15, 0.2) is 23.3 Å². The molecule has 1 atom stereocenters. The first-order valence-electron chi connectivity index (χ1n) is 4.60. The summed E-state index contributed by atoms with van der Waals surface area (Å²) in [5.74, 6) is 0.625. The molecule has 0 amide bonds. The first kappa shape index (κ1) is 18.6. The summed E-state index contributed by atoms with van der Waals surface area (Å²) in [5.41, 5.74) is 3.28. The molecule has 84 valence electrons. The molecule has 0 saturated heterocycles. The summed E-state index contributed by atoms with van der Waals surface area (Å²) in [6, 6.07) is 0. The fourth-order valence-corrected chi connectivity index (χ4v) is 2.60. The molecule has 1 nitrogen and oxygen atoms in total. The quantitative estimate of drug-likeness (QED) is 0.483. The van der Waals surface area contributed by atoms with Gasteiger partial charge in [-0.2, -0.15) is 0 Å². The van der Waals surface area contributed by atoms with Crippen LogP contribution in [0, 0.1) is 5.92 Å². The van der Waals surface area contributed by atoms with Gasteiger partial charge in [-0.15, -0.1) is 0 Å². The van der Waals surface area contributed by atoms with E-state index in [1.165, 1.54) is 50.8 Å². The molecule has 15 heavy (non-hydrogen) atoms. The molecule has 0 radical (unpaired) electrons. The van der Waals surface area contributed by atoms with Gasteiger partial charge in [0.05, 0.1) is 0 Å². The summed E-state index contributed by atoms with van der Waals surface area (Å²) in [4.78, 5) is 0. The van der Waals surface area contributed by atoms with E-state index in [4.69, 9.17) is 2.81 Å². The molecule has 0 bridgehead atoms. The molecule has 0 N–H and O–H groups in total. The van der Waals surface area contributed by atoms with E-state index in [9.17, 15) is 0 Å². The maximum atomic E-state index is 5.28. The van der Waals surface area contributed by atoms with Crippen molar-refractivity contribution in [3.8, 4) is 0 Å². The zero-order valence-electron chi connectivity index (χ0n) is 8.31. The summed E-state index contributed by atoms with van der Waals surface area (Å²) in [7, 11) is 0. The second-order valence-electron chi connectivity index (χ2n) is 3.53. The van der Waals surface area contributed by atoms with Crippen molar-refractivity contribution >= 4 is 0 Å². The van der Waals surface area contributed by atoms with Crippen molar-refractivity contribution in [1.29, 1.82) is 0 Å². The van der Waals surface area contributed by atoms with Crippen LogP contribution in [0.5, 0.6) is 0 Å². The van der Waals surface area contributed by atoms with E-state index in [1.54, 1.807) is 11.1 Å². The Labute approximate surface area is 126 Å². The molecule has 2 aliphatic rings. The van der Waals surface area contributed by atoms with Crippen molar-refractivity contribution in [2.75, 3.05) is 6.61 Å². The van der Waals surface area contributed by atoms with Gasteiger partial charge in [-0.05, 0) is 0 Å². The van der Waals surface area contributed by atoms with Gasteiger partial charge in [0.15, 0.2) is 0 Å². The average molecular weight is 347 g/mol. The second-order valence-corrected chi connectivity index (χ2v) is 4.24. The topological polar surface area (TPSA) is 9.23 Å². The van der Waals surface area contributed by atoms with Crippen LogP contribution >= 0.6 is 0 Å². The molecule has 0 saturated carbocycles. The Morgan fingerprint density at radius 2 is 1.87 bits per heavy atom. The van der Waals surface area contributed by atoms with Gasteiger partial charge in [0, 0.05) is 0 Å². The van der Waals surface area contributed by atoms with Crippen molar-refractivity contribution in [3.63, 3.8) is 0 Å². The minimum atomic E-state index is 0. The zero-order valence-corrected chi connectivity index (χ0v) is 13.0. The molecular formula is C10H13Cl3OZr. The Morgan fingerprint density at radius 1 is 1.20 bits per heavy atom. The number of hydrogen-bond donors (Lipinski definition) is 0. The van der Waals surface area contributed by atoms with E-state index < -0.39 is 0 Å². The molecule has 0 unspecified atom stereocenters. The van der Waals surface area contributed by atoms with Crippen LogP contribution in [0.2, 0.25) is 0 Å². The standard InChI is InChI=1S/C10H13O.3ClH.Zr/c11-7-9-6-5-8-3-1-2-4-10(8)9;;;;/h5-6,9H,1-4,7H2;3*1H;/q-1;;;;+4/p-3/t9-;;;;/m1..../s1. The molecule has 0 aromatic heterocycles. The average Bonchev–Trinajstić information content (AvgIpc) is 2.50. The third kappa shape index (κ3) is 4.52. The molecule has 2 rings (SSSR count). The van der Waals surface area contributed by atoms with Gasteiger partial charge in [-0.3, -0.25) is 0 Å². The fourth-order valence-electron chi connectivity index (χ4n) is 2.16. The zero-order chi connectivity index (χ0) is 8.39. The Kier molecular flexibility index (Phi) is 11.4. The Balaban J connectivity index is 0. The minimum absolute atomic E-state index is 0. The van der Waals surface area contributed by atoms with Crippen molar-refractivity contribution in [2.45, 2.75) is 25.7 Å². The van der Waals surface area contributed by atoms with E-state index >= 15 is 0 Å². The van der Waals surface area contributed by atoms with E-state index in [0.29, 0.717) is 5.92 Å². The summed E-state index contributed by atoms with van der Waals surface area (Å²) in [6.07, 6.45) is 10.0. The van der Waals surface area contributed by atoms with E-state index in [2.05, 4.69) is 12.2 Å². The van der Waals surface area contributed by atoms with Gasteiger partial charge in [0.25, 0.3) is 0 Å². The predicted molar refractivity (Wildman–Crippen MR) is 44.1 cm³/mol. The first-order valence-corrected chi connectivity index (χ1v) is 5.61. The van der Waals surface area contributed by atoms with Gasteiger partial charge in [-0.25, -0.2) is 0 Å². The van der Waals surface area contributed by atoms with Gasteiger partial charge in [-0.1, -0.05) is 0 Å². The number of allylic oxidation sites excluding steroid dienone is 2. The molecule has 0 heterocycles. The molecule has 0 aromatic carbocycles. The van der Waals surface area contributed by atoms with E-state index in [0.717, 1.165) is 6.61 Å². The first-order chi connectivity index (χ1) is 5.92. The van der Waals surface area contributed by atoms with Crippen LogP contribution in [0.3, 0.4) is 0 Å². The van der Waals surface area contributed by atoms with Crippen LogP contribution in [0.1, 0.15) is 25.7 Å². The normalized spacial score (nSPS) is 22.4. The summed E-state index contributed by atoms with van der Waals surface area (Å²) >= 11 is 1.20. The summed E-state index contributed by atoms with van der Waals surface area (Å²) in [6.45, 7) is 0.910. The van der Waals surface area contributed by atoms with Crippen LogP contribution in [-0.4, -0.2) is 6.61 Å². The van der Waals surface area contributed by atoms with Gasteiger partial charge in [0.1, 0.15) is 0 Å². The van der Waals surface area contributed by atoms with Crippen LogP contribution in [0.25, 0.3) is 0 Å². The summed E-state index contributed by atoms with van der Waals surface area (Å²) in [5, 5.41) is 0. The maximum absolute atomic E-state index is 5.28. The molecule has 0 aliphatic heterocycles. The third-order valence-corrected chi connectivity index (χ3v) is 3.20. The molecule has 0 aromatic rings. The van der Waals surface area contributed by atoms with Crippen molar-refractivity contribution < 1.29 is 65.2 Å². The summed E-state index contributed by atoms with van der Waals surface area (Å²) < 4.78 is 5.28. The molecule has 0 spiro atoms. The number of hydrogen-bond acceptors (Lipinski definition) is 1. The Hall–Kier alpha value is 1.19. The van der Waals surface area contributed by atoms with Crippen molar-refractivity contribution in [3.05, 3.63) is 23.3 Å². The monoisotopic (exact) mass is 344 g/mol. The second kappa shape index (κ2) is 9.25. The predicted octanol–water partition coefficient (Wildman–Crippen LogP) is -6.47. The van der Waals surface area contributed by atoms with Crippen LogP contribution < -0.4 is 37.2 Å². The Morgan fingerprint density at radius 3 is 2.53 bits per heavy atom. The molecule has 0 fully saturated rings. The van der Waals surface area contributed by atoms with Gasteiger partial charge in [0.2, 0.25) is 0 Å². The van der Waals surface area contributed by atoms with Crippen LogP contribution in [0.4, 0.5) is 0 Å². The van der Waals surface area contributed by atoms with Crippen molar-refractivity contribution in [1.82, 2.24) is 0 Å². The molecular weight excluding hydrogens is 334 g/mol. The Bertz CT molecular complexity index is 241. The fraction of sp³-hybridized carbons (Fsp3) is 0.600. The van der Waals surface area contributed by atoms with Crippen LogP contribution in [-0.2, 0) is 28.0 Å². The van der Waals surface area contributed by atoms with Gasteiger partial charge >= 0.3 is 89.5 Å². The number of halogens is 3. The molecule has 5 heteroatoms. The van der Waals surface area contributed by atoms with E-state index in [-0.39, 0.29) is 37.2 Å². The van der Waals surface area contributed by atoms with E-state index in [1.807, 2.05) is 0 Å². The third-order valence-electron chi connectivity index (χ3n) is 2.79. The molecule has 2 aliphatic carbocycles. The number of rotatable bonds is 2.